The molecule has 4 rings (SSSR count). The average Bonchev–Trinajstić information content (AvgIpc) is 2.87. The van der Waals surface area contributed by atoms with Crippen molar-refractivity contribution in [2.75, 3.05) is 0 Å². The van der Waals surface area contributed by atoms with Gasteiger partial charge in [-0.15, -0.1) is 0 Å². The highest BCUT2D eigenvalue weighted by Gasteiger charge is 2.14. The van der Waals surface area contributed by atoms with Crippen molar-refractivity contribution in [3.8, 4) is 33.4 Å². The van der Waals surface area contributed by atoms with Crippen molar-refractivity contribution in [2.24, 2.45) is 0 Å². The van der Waals surface area contributed by atoms with Crippen LogP contribution in [0.4, 0.5) is 0 Å². The van der Waals surface area contributed by atoms with Gasteiger partial charge in [0.15, 0.2) is 0 Å². The van der Waals surface area contributed by atoms with E-state index in [1.165, 1.54) is 70.2 Å². The second-order valence-electron chi connectivity index (χ2n) is 8.55. The van der Waals surface area contributed by atoms with Crippen molar-refractivity contribution >= 4 is 0 Å². The Bertz CT molecular complexity index is 1140. The maximum Gasteiger partial charge on any atom is -0.000766 e. The topological polar surface area (TPSA) is 0 Å². The lowest BCUT2D eigenvalue weighted by molar-refractivity contribution is 0.796. The summed E-state index contributed by atoms with van der Waals surface area (Å²) < 4.78 is 0. The van der Waals surface area contributed by atoms with Crippen LogP contribution in [0.25, 0.3) is 33.4 Å². The molecule has 1 radical (unpaired) electrons. The quantitative estimate of drug-likeness (QED) is 0.255. The Balaban J connectivity index is 1.88. The number of aryl methyl sites for hydroxylation is 2. The molecule has 4 aromatic carbocycles. The molecule has 0 nitrogen and oxygen atoms in total. The van der Waals surface area contributed by atoms with Crippen LogP contribution in [0.3, 0.4) is 0 Å². The highest BCUT2D eigenvalue weighted by atomic mass is 14.2. The summed E-state index contributed by atoms with van der Waals surface area (Å²) in [5.41, 5.74) is 10.4. The summed E-state index contributed by atoms with van der Waals surface area (Å²) in [5, 5.41) is 0. The van der Waals surface area contributed by atoms with Crippen LogP contribution < -0.4 is 0 Å². The SMILES string of the molecule is CCCCc1ccccc1-c1[c]c(-c2ccccc2CCCC)c(-c2ccccc2)cc1. The molecule has 0 saturated carbocycles. The van der Waals surface area contributed by atoms with Crippen LogP contribution in [0, 0.1) is 6.07 Å². The maximum atomic E-state index is 3.88. The summed E-state index contributed by atoms with van der Waals surface area (Å²) in [6, 6.07) is 36.9. The molecule has 0 heterocycles. The molecule has 0 aromatic heterocycles. The number of unbranched alkanes of at least 4 members (excludes halogenated alkanes) is 2. The molecule has 0 atom stereocenters. The van der Waals surface area contributed by atoms with E-state index in [0.717, 1.165) is 12.8 Å². The largest absolute Gasteiger partial charge is 0.0654 e. The van der Waals surface area contributed by atoms with E-state index in [-0.39, 0.29) is 0 Å². The molecule has 0 spiro atoms. The Labute approximate surface area is 194 Å². The monoisotopic (exact) mass is 417 g/mol. The van der Waals surface area contributed by atoms with Crippen LogP contribution in [0.2, 0.25) is 0 Å². The molecule has 161 valence electrons. The molecule has 0 fully saturated rings. The van der Waals surface area contributed by atoms with Crippen molar-refractivity contribution in [1.82, 2.24) is 0 Å². The molecule has 0 aliphatic carbocycles. The van der Waals surface area contributed by atoms with Crippen LogP contribution >= 0.6 is 0 Å². The first-order valence-corrected chi connectivity index (χ1v) is 12.1. The summed E-state index contributed by atoms with van der Waals surface area (Å²) >= 11 is 0. The van der Waals surface area contributed by atoms with E-state index in [9.17, 15) is 0 Å². The zero-order chi connectivity index (χ0) is 22.2. The molecule has 0 N–H and O–H groups in total. The first-order valence-electron chi connectivity index (χ1n) is 12.1. The molecule has 32 heavy (non-hydrogen) atoms. The Morgan fingerprint density at radius 1 is 0.531 bits per heavy atom. The molecular formula is C32H33. The minimum Gasteiger partial charge on any atom is -0.0654 e. The average molecular weight is 418 g/mol. The second-order valence-corrected chi connectivity index (χ2v) is 8.55. The summed E-state index contributed by atoms with van der Waals surface area (Å²) in [5.74, 6) is 0. The van der Waals surface area contributed by atoms with Crippen molar-refractivity contribution in [3.63, 3.8) is 0 Å². The summed E-state index contributed by atoms with van der Waals surface area (Å²) in [6.07, 6.45) is 7.05. The van der Waals surface area contributed by atoms with E-state index in [1.54, 1.807) is 0 Å². The first kappa shape index (κ1) is 22.1. The van der Waals surface area contributed by atoms with Crippen LogP contribution in [-0.2, 0) is 12.8 Å². The Morgan fingerprint density at radius 2 is 1.09 bits per heavy atom. The van der Waals surface area contributed by atoms with Gasteiger partial charge in [-0.05, 0) is 76.3 Å². The van der Waals surface area contributed by atoms with Crippen LogP contribution in [-0.4, -0.2) is 0 Å². The minimum atomic E-state index is 1.10. The van der Waals surface area contributed by atoms with Gasteiger partial charge in [0.2, 0.25) is 0 Å². The normalized spacial score (nSPS) is 10.9. The summed E-state index contributed by atoms with van der Waals surface area (Å²) in [6.45, 7) is 4.52. The number of benzene rings is 4. The van der Waals surface area contributed by atoms with Crippen molar-refractivity contribution in [1.29, 1.82) is 0 Å². The number of rotatable bonds is 9. The third-order valence-electron chi connectivity index (χ3n) is 6.22. The lowest BCUT2D eigenvalue weighted by Crippen LogP contribution is -1.95. The molecule has 0 bridgehead atoms. The fourth-order valence-electron chi connectivity index (χ4n) is 4.44. The maximum absolute atomic E-state index is 3.88. The summed E-state index contributed by atoms with van der Waals surface area (Å²) in [4.78, 5) is 0. The minimum absolute atomic E-state index is 1.10. The van der Waals surface area contributed by atoms with Crippen LogP contribution in [0.15, 0.2) is 91.0 Å². The van der Waals surface area contributed by atoms with E-state index >= 15 is 0 Å². The van der Waals surface area contributed by atoms with Gasteiger partial charge in [-0.1, -0.05) is 118 Å². The van der Waals surface area contributed by atoms with E-state index in [0.29, 0.717) is 0 Å². The van der Waals surface area contributed by atoms with E-state index in [1.807, 2.05) is 0 Å². The highest BCUT2D eigenvalue weighted by molar-refractivity contribution is 5.88. The zero-order valence-corrected chi connectivity index (χ0v) is 19.4. The van der Waals surface area contributed by atoms with Gasteiger partial charge >= 0.3 is 0 Å². The van der Waals surface area contributed by atoms with Gasteiger partial charge in [-0.3, -0.25) is 0 Å². The standard InChI is InChI=1S/C32H33/c1-3-5-14-25-18-10-12-20-29(25)28-22-23-31(27-16-8-7-9-17-27)32(24-28)30-21-13-11-19-26(30)15-6-4-2/h7-13,16-23H,3-6,14-15H2,1-2H3. The molecule has 0 aliphatic heterocycles. The Hall–Kier alpha value is -3.12. The van der Waals surface area contributed by atoms with Gasteiger partial charge < -0.3 is 0 Å². The first-order chi connectivity index (χ1) is 15.8. The van der Waals surface area contributed by atoms with E-state index < -0.39 is 0 Å². The third-order valence-corrected chi connectivity index (χ3v) is 6.22. The fourth-order valence-corrected chi connectivity index (χ4v) is 4.44. The Morgan fingerprint density at radius 3 is 1.75 bits per heavy atom. The third kappa shape index (κ3) is 5.02. The van der Waals surface area contributed by atoms with Gasteiger partial charge in [0.25, 0.3) is 0 Å². The van der Waals surface area contributed by atoms with E-state index in [2.05, 4.69) is 111 Å². The van der Waals surface area contributed by atoms with Gasteiger partial charge in [0.05, 0.1) is 0 Å². The number of hydrogen-bond acceptors (Lipinski definition) is 0. The van der Waals surface area contributed by atoms with Crippen molar-refractivity contribution in [2.45, 2.75) is 52.4 Å². The van der Waals surface area contributed by atoms with Crippen molar-refractivity contribution < 1.29 is 0 Å². The molecule has 0 unspecified atom stereocenters. The Kier molecular flexibility index (Phi) is 7.56. The van der Waals surface area contributed by atoms with Gasteiger partial charge in [-0.2, -0.15) is 0 Å². The van der Waals surface area contributed by atoms with Gasteiger partial charge in [0.1, 0.15) is 0 Å². The second kappa shape index (κ2) is 11.0. The fraction of sp³-hybridized carbons (Fsp3) is 0.250. The summed E-state index contributed by atoms with van der Waals surface area (Å²) in [7, 11) is 0. The lowest BCUT2D eigenvalue weighted by atomic mass is 9.87. The molecule has 0 aliphatic rings. The van der Waals surface area contributed by atoms with Crippen molar-refractivity contribution in [3.05, 3.63) is 108 Å². The molecule has 0 saturated heterocycles. The molecule has 0 amide bonds. The van der Waals surface area contributed by atoms with E-state index in [4.69, 9.17) is 0 Å². The van der Waals surface area contributed by atoms with Crippen LogP contribution in [0.5, 0.6) is 0 Å². The highest BCUT2D eigenvalue weighted by Crippen LogP contribution is 2.38. The predicted molar refractivity (Wildman–Crippen MR) is 139 cm³/mol. The van der Waals surface area contributed by atoms with Gasteiger partial charge in [0, 0.05) is 0 Å². The smallest absolute Gasteiger partial charge is 0.000766 e. The predicted octanol–water partition coefficient (Wildman–Crippen LogP) is 9.17. The van der Waals surface area contributed by atoms with Crippen LogP contribution in [0.1, 0.15) is 50.7 Å². The zero-order valence-electron chi connectivity index (χ0n) is 19.4. The lowest BCUT2D eigenvalue weighted by Gasteiger charge is -2.17. The van der Waals surface area contributed by atoms with Gasteiger partial charge in [-0.25, -0.2) is 0 Å². The molecular weight excluding hydrogens is 384 g/mol. The molecule has 4 aromatic rings. The number of hydrogen-bond donors (Lipinski definition) is 0. The molecule has 0 heteroatoms.